The van der Waals surface area contributed by atoms with Gasteiger partial charge in [0.25, 0.3) is 0 Å². The number of nitrogens with one attached hydrogen (secondary N) is 1. The van der Waals surface area contributed by atoms with E-state index in [4.69, 9.17) is 0 Å². The van der Waals surface area contributed by atoms with Crippen molar-refractivity contribution in [1.82, 2.24) is 5.32 Å². The maximum atomic E-state index is 12.3. The Morgan fingerprint density at radius 1 is 1.08 bits per heavy atom. The van der Waals surface area contributed by atoms with Crippen molar-refractivity contribution in [3.8, 4) is 0 Å². The molecule has 0 fully saturated rings. The molecule has 126 valence electrons. The lowest BCUT2D eigenvalue weighted by atomic mass is 9.94. The van der Waals surface area contributed by atoms with Crippen molar-refractivity contribution in [3.05, 3.63) is 69.7 Å². The summed E-state index contributed by atoms with van der Waals surface area (Å²) >= 11 is 3.51. The number of hydrogen-bond donors (Lipinski definition) is 2. The van der Waals surface area contributed by atoms with E-state index in [0.29, 0.717) is 12.0 Å². The lowest BCUT2D eigenvalue weighted by Gasteiger charge is -2.28. The molecule has 0 aliphatic heterocycles. The first-order valence-electron chi connectivity index (χ1n) is 7.68. The minimum atomic E-state index is -0.973. The number of amides is 1. The van der Waals surface area contributed by atoms with Gasteiger partial charge >= 0.3 is 5.97 Å². The highest BCUT2D eigenvalue weighted by molar-refractivity contribution is 9.10. The monoisotopic (exact) mass is 389 g/mol. The molecule has 2 N–H and O–H groups in total. The minimum absolute atomic E-state index is 0.115. The Hall–Kier alpha value is -2.14. The van der Waals surface area contributed by atoms with Gasteiger partial charge in [0.1, 0.15) is 0 Å². The summed E-state index contributed by atoms with van der Waals surface area (Å²) in [5.74, 6) is -1.09. The maximum absolute atomic E-state index is 12.3. The Kier molecular flexibility index (Phi) is 5.78. The average molecular weight is 390 g/mol. The molecular weight excluding hydrogens is 370 g/mol. The van der Waals surface area contributed by atoms with Gasteiger partial charge in [-0.15, -0.1) is 0 Å². The van der Waals surface area contributed by atoms with E-state index in [1.165, 1.54) is 0 Å². The van der Waals surface area contributed by atoms with Crippen LogP contribution in [-0.2, 0) is 16.8 Å². The number of carbonyl (C=O) groups is 2. The highest BCUT2D eigenvalue weighted by Crippen LogP contribution is 2.27. The summed E-state index contributed by atoms with van der Waals surface area (Å²) in [7, 11) is 0. The van der Waals surface area contributed by atoms with Crippen molar-refractivity contribution < 1.29 is 14.7 Å². The van der Waals surface area contributed by atoms with Crippen LogP contribution < -0.4 is 5.32 Å². The second-order valence-corrected chi connectivity index (χ2v) is 6.97. The summed E-state index contributed by atoms with van der Waals surface area (Å²) in [4.78, 5) is 23.5. The minimum Gasteiger partial charge on any atom is -0.478 e. The molecule has 2 aromatic rings. The van der Waals surface area contributed by atoms with E-state index in [2.05, 4.69) is 21.2 Å². The molecule has 0 saturated carbocycles. The number of hydrogen-bond acceptors (Lipinski definition) is 2. The predicted octanol–water partition coefficient (Wildman–Crippen LogP) is 4.13. The summed E-state index contributed by atoms with van der Waals surface area (Å²) in [6, 6.07) is 14.5. The van der Waals surface area contributed by atoms with Crippen LogP contribution in [0.2, 0.25) is 0 Å². The lowest BCUT2D eigenvalue weighted by molar-refractivity contribution is -0.122. The van der Waals surface area contributed by atoms with Crippen LogP contribution in [0.5, 0.6) is 0 Å². The van der Waals surface area contributed by atoms with Crippen LogP contribution in [0.1, 0.15) is 41.8 Å². The van der Waals surface area contributed by atoms with Crippen molar-refractivity contribution in [1.29, 1.82) is 0 Å². The van der Waals surface area contributed by atoms with Gasteiger partial charge in [-0.3, -0.25) is 4.79 Å². The molecule has 0 atom stereocenters. The highest BCUT2D eigenvalue weighted by atomic mass is 79.9. The largest absolute Gasteiger partial charge is 0.478 e. The van der Waals surface area contributed by atoms with Gasteiger partial charge in [0.2, 0.25) is 5.91 Å². The van der Waals surface area contributed by atoms with Gasteiger partial charge in [0.15, 0.2) is 0 Å². The Bertz CT molecular complexity index is 756. The molecule has 0 aromatic heterocycles. The Morgan fingerprint density at radius 3 is 2.38 bits per heavy atom. The number of halogens is 1. The topological polar surface area (TPSA) is 66.4 Å². The third-order valence-corrected chi connectivity index (χ3v) is 4.56. The van der Waals surface area contributed by atoms with E-state index in [1.807, 2.05) is 38.1 Å². The van der Waals surface area contributed by atoms with Crippen LogP contribution in [0, 0.1) is 0 Å². The first kappa shape index (κ1) is 18.2. The first-order chi connectivity index (χ1) is 11.3. The summed E-state index contributed by atoms with van der Waals surface area (Å²) in [5.41, 5.74) is 1.38. The molecule has 5 heteroatoms. The number of rotatable bonds is 6. The van der Waals surface area contributed by atoms with Gasteiger partial charge < -0.3 is 10.4 Å². The summed E-state index contributed by atoms with van der Waals surface area (Å²) < 4.78 is 0.937. The predicted molar refractivity (Wildman–Crippen MR) is 97.0 cm³/mol. The Balaban J connectivity index is 2.04. The molecule has 2 aromatic carbocycles. The number of benzene rings is 2. The molecule has 0 aliphatic carbocycles. The molecule has 0 saturated heterocycles. The number of aromatic carboxylic acids is 1. The third-order valence-electron chi connectivity index (χ3n) is 3.87. The standard InChI is InChI=1S/C19H20BrNO3/c1-19(2,15-9-5-6-10-16(15)20)21-17(22)12-11-13-7-3-4-8-14(13)18(23)24/h3-10H,11-12H2,1-2H3,(H,21,22)(H,23,24). The zero-order valence-electron chi connectivity index (χ0n) is 13.7. The Morgan fingerprint density at radius 2 is 1.71 bits per heavy atom. The van der Waals surface area contributed by atoms with E-state index < -0.39 is 11.5 Å². The zero-order valence-corrected chi connectivity index (χ0v) is 15.3. The molecular formula is C19H20BrNO3. The summed E-state index contributed by atoms with van der Waals surface area (Å²) in [6.45, 7) is 3.88. The van der Waals surface area contributed by atoms with E-state index >= 15 is 0 Å². The van der Waals surface area contributed by atoms with Crippen molar-refractivity contribution in [2.45, 2.75) is 32.2 Å². The quantitative estimate of drug-likeness (QED) is 0.780. The molecule has 0 heterocycles. The van der Waals surface area contributed by atoms with Crippen molar-refractivity contribution in [2.75, 3.05) is 0 Å². The second-order valence-electron chi connectivity index (χ2n) is 6.12. The van der Waals surface area contributed by atoms with Gasteiger partial charge in [-0.05, 0) is 43.5 Å². The molecule has 4 nitrogen and oxygen atoms in total. The van der Waals surface area contributed by atoms with E-state index in [1.54, 1.807) is 24.3 Å². The average Bonchev–Trinajstić information content (AvgIpc) is 2.53. The van der Waals surface area contributed by atoms with Crippen LogP contribution in [0.25, 0.3) is 0 Å². The molecule has 1 amide bonds. The summed E-state index contributed by atoms with van der Waals surface area (Å²) in [6.07, 6.45) is 0.624. The Labute approximate surface area is 150 Å². The van der Waals surface area contributed by atoms with Gasteiger partial charge in [-0.2, -0.15) is 0 Å². The zero-order chi connectivity index (χ0) is 17.7. The molecule has 0 spiro atoms. The molecule has 0 unspecified atom stereocenters. The number of carboxylic acid groups (broad SMARTS) is 1. The van der Waals surface area contributed by atoms with Gasteiger partial charge in [0, 0.05) is 10.9 Å². The van der Waals surface area contributed by atoms with Crippen LogP contribution >= 0.6 is 15.9 Å². The molecule has 0 aliphatic rings. The summed E-state index contributed by atoms with van der Waals surface area (Å²) in [5, 5.41) is 12.2. The number of carbonyl (C=O) groups excluding carboxylic acids is 1. The van der Waals surface area contributed by atoms with E-state index in [0.717, 1.165) is 10.0 Å². The second kappa shape index (κ2) is 7.62. The molecule has 24 heavy (non-hydrogen) atoms. The SMILES string of the molecule is CC(C)(NC(=O)CCc1ccccc1C(=O)O)c1ccccc1Br. The van der Waals surface area contributed by atoms with Crippen LogP contribution in [0.15, 0.2) is 53.0 Å². The molecule has 2 rings (SSSR count). The molecule has 0 bridgehead atoms. The number of aryl methyl sites for hydroxylation is 1. The van der Waals surface area contributed by atoms with Crippen molar-refractivity contribution in [3.63, 3.8) is 0 Å². The fourth-order valence-electron chi connectivity index (χ4n) is 2.64. The maximum Gasteiger partial charge on any atom is 0.335 e. The fourth-order valence-corrected chi connectivity index (χ4v) is 3.42. The van der Waals surface area contributed by atoms with E-state index in [9.17, 15) is 14.7 Å². The molecule has 0 radical (unpaired) electrons. The van der Waals surface area contributed by atoms with Gasteiger partial charge in [-0.25, -0.2) is 4.79 Å². The van der Waals surface area contributed by atoms with Crippen LogP contribution in [0.4, 0.5) is 0 Å². The smallest absolute Gasteiger partial charge is 0.335 e. The highest BCUT2D eigenvalue weighted by Gasteiger charge is 2.24. The van der Waals surface area contributed by atoms with Crippen LogP contribution in [-0.4, -0.2) is 17.0 Å². The van der Waals surface area contributed by atoms with Gasteiger partial charge in [0.05, 0.1) is 11.1 Å². The van der Waals surface area contributed by atoms with Crippen molar-refractivity contribution in [2.24, 2.45) is 0 Å². The van der Waals surface area contributed by atoms with Crippen LogP contribution in [0.3, 0.4) is 0 Å². The number of carboxylic acids is 1. The lowest BCUT2D eigenvalue weighted by Crippen LogP contribution is -2.41. The van der Waals surface area contributed by atoms with Crippen molar-refractivity contribution >= 4 is 27.8 Å². The third kappa shape index (κ3) is 4.45. The normalized spacial score (nSPS) is 11.1. The van der Waals surface area contributed by atoms with Gasteiger partial charge in [-0.1, -0.05) is 52.3 Å². The fraction of sp³-hybridized carbons (Fsp3) is 0.263. The first-order valence-corrected chi connectivity index (χ1v) is 8.48. The van der Waals surface area contributed by atoms with E-state index in [-0.39, 0.29) is 17.9 Å².